The Bertz CT molecular complexity index is 507. The summed E-state index contributed by atoms with van der Waals surface area (Å²) >= 11 is 5.01. The van der Waals surface area contributed by atoms with Gasteiger partial charge in [0, 0.05) is 9.85 Å². The smallest absolute Gasteiger partial charge is 0.311 e. The van der Waals surface area contributed by atoms with Crippen LogP contribution < -0.4 is 0 Å². The predicted molar refractivity (Wildman–Crippen MR) is 72.5 cm³/mol. The first kappa shape index (κ1) is 12.3. The van der Waals surface area contributed by atoms with Crippen LogP contribution in [0.5, 0.6) is 0 Å². The second kappa shape index (κ2) is 5.47. The molecule has 1 aromatic carbocycles. The first-order valence-corrected chi connectivity index (χ1v) is 6.90. The van der Waals surface area contributed by atoms with Gasteiger partial charge in [0.1, 0.15) is 0 Å². The molecular weight excluding hydrogens is 300 g/mol. The molecule has 1 atom stereocenters. The van der Waals surface area contributed by atoms with Crippen LogP contribution >= 0.6 is 27.3 Å². The number of halogens is 1. The minimum absolute atomic E-state index is 0.484. The summed E-state index contributed by atoms with van der Waals surface area (Å²) in [4.78, 5) is 11.3. The van der Waals surface area contributed by atoms with Crippen LogP contribution in [0.25, 0.3) is 0 Å². The van der Waals surface area contributed by atoms with E-state index in [1.807, 2.05) is 41.1 Å². The minimum Gasteiger partial charge on any atom is -0.481 e. The monoisotopic (exact) mass is 310 g/mol. The van der Waals surface area contributed by atoms with Crippen LogP contribution in [0, 0.1) is 0 Å². The molecule has 1 heterocycles. The van der Waals surface area contributed by atoms with E-state index in [0.717, 1.165) is 15.6 Å². The molecule has 17 heavy (non-hydrogen) atoms. The summed E-state index contributed by atoms with van der Waals surface area (Å²) in [7, 11) is 0. The number of aliphatic carboxylic acids is 1. The first-order valence-electron chi connectivity index (χ1n) is 5.17. The lowest BCUT2D eigenvalue weighted by Crippen LogP contribution is -2.14. The van der Waals surface area contributed by atoms with Gasteiger partial charge in [0.25, 0.3) is 0 Å². The van der Waals surface area contributed by atoms with Crippen LogP contribution in [-0.4, -0.2) is 11.1 Å². The van der Waals surface area contributed by atoms with Crippen molar-refractivity contribution in [3.05, 3.63) is 56.7 Å². The summed E-state index contributed by atoms with van der Waals surface area (Å²) in [6, 6.07) is 9.35. The Kier molecular flexibility index (Phi) is 3.97. The van der Waals surface area contributed by atoms with Gasteiger partial charge in [-0.05, 0) is 38.9 Å². The van der Waals surface area contributed by atoms with Gasteiger partial charge in [0.15, 0.2) is 0 Å². The zero-order chi connectivity index (χ0) is 12.3. The Hall–Kier alpha value is -1.13. The lowest BCUT2D eigenvalue weighted by Gasteiger charge is -2.12. The maximum absolute atomic E-state index is 11.3. The molecule has 0 radical (unpaired) electrons. The topological polar surface area (TPSA) is 37.3 Å². The highest BCUT2D eigenvalue weighted by Crippen LogP contribution is 2.28. The van der Waals surface area contributed by atoms with E-state index in [-0.39, 0.29) is 0 Å². The molecule has 0 saturated heterocycles. The van der Waals surface area contributed by atoms with Crippen molar-refractivity contribution in [3.63, 3.8) is 0 Å². The molecular formula is C13H11BrO2S. The van der Waals surface area contributed by atoms with Crippen molar-refractivity contribution in [2.24, 2.45) is 0 Å². The summed E-state index contributed by atoms with van der Waals surface area (Å²) in [6.07, 6.45) is 0.517. The molecule has 0 aliphatic rings. The van der Waals surface area contributed by atoms with E-state index in [4.69, 9.17) is 0 Å². The molecule has 0 aliphatic heterocycles. The van der Waals surface area contributed by atoms with Gasteiger partial charge in [0.05, 0.1) is 5.92 Å². The van der Waals surface area contributed by atoms with E-state index in [1.54, 1.807) is 11.3 Å². The van der Waals surface area contributed by atoms with Crippen LogP contribution in [0.3, 0.4) is 0 Å². The molecule has 1 aromatic heterocycles. The predicted octanol–water partition coefficient (Wildman–Crippen LogP) is 3.92. The number of benzene rings is 1. The fourth-order valence-corrected chi connectivity index (χ4v) is 3.18. The molecule has 0 spiro atoms. The molecule has 2 nitrogen and oxygen atoms in total. The average molecular weight is 311 g/mol. The Morgan fingerprint density at radius 2 is 2.00 bits per heavy atom. The van der Waals surface area contributed by atoms with E-state index in [1.165, 1.54) is 0 Å². The lowest BCUT2D eigenvalue weighted by molar-refractivity contribution is -0.138. The maximum Gasteiger partial charge on any atom is 0.311 e. The van der Waals surface area contributed by atoms with Crippen molar-refractivity contribution in [2.75, 3.05) is 0 Å². The molecule has 0 saturated carbocycles. The third kappa shape index (κ3) is 2.96. The number of carboxylic acid groups (broad SMARTS) is 1. The van der Waals surface area contributed by atoms with E-state index >= 15 is 0 Å². The van der Waals surface area contributed by atoms with E-state index in [9.17, 15) is 9.90 Å². The number of rotatable bonds is 4. The second-order valence-corrected chi connectivity index (χ2v) is 5.35. The van der Waals surface area contributed by atoms with Gasteiger partial charge in [-0.25, -0.2) is 0 Å². The summed E-state index contributed by atoms with van der Waals surface area (Å²) in [5.74, 6) is -1.27. The minimum atomic E-state index is -0.783. The van der Waals surface area contributed by atoms with Crippen molar-refractivity contribution in [2.45, 2.75) is 12.3 Å². The van der Waals surface area contributed by atoms with Gasteiger partial charge < -0.3 is 5.11 Å². The molecule has 2 aromatic rings. The molecule has 1 N–H and O–H groups in total. The van der Waals surface area contributed by atoms with E-state index in [2.05, 4.69) is 15.9 Å². The van der Waals surface area contributed by atoms with Crippen LogP contribution in [0.15, 0.2) is 45.6 Å². The molecule has 0 bridgehead atoms. The fourth-order valence-electron chi connectivity index (χ4n) is 1.71. The molecule has 0 fully saturated rings. The second-order valence-electron chi connectivity index (χ2n) is 3.75. The molecule has 0 amide bonds. The fraction of sp³-hybridized carbons (Fsp3) is 0.154. The SMILES string of the molecule is O=C(O)C(Cc1cscc1Br)c1ccccc1. The van der Waals surface area contributed by atoms with E-state index < -0.39 is 11.9 Å². The Balaban J connectivity index is 2.26. The molecule has 4 heteroatoms. The zero-order valence-corrected chi connectivity index (χ0v) is 11.4. The molecule has 2 rings (SSSR count). The lowest BCUT2D eigenvalue weighted by atomic mass is 9.93. The van der Waals surface area contributed by atoms with E-state index in [0.29, 0.717) is 6.42 Å². The van der Waals surface area contributed by atoms with Gasteiger partial charge >= 0.3 is 5.97 Å². The highest BCUT2D eigenvalue weighted by atomic mass is 79.9. The molecule has 1 unspecified atom stereocenters. The number of thiophene rings is 1. The van der Waals surface area contributed by atoms with Crippen LogP contribution in [0.2, 0.25) is 0 Å². The van der Waals surface area contributed by atoms with Crippen LogP contribution in [-0.2, 0) is 11.2 Å². The number of carboxylic acids is 1. The number of hydrogen-bond donors (Lipinski definition) is 1. The van der Waals surface area contributed by atoms with Crippen molar-refractivity contribution < 1.29 is 9.90 Å². The molecule has 0 aliphatic carbocycles. The van der Waals surface area contributed by atoms with Crippen molar-refractivity contribution in [1.82, 2.24) is 0 Å². The third-order valence-electron chi connectivity index (χ3n) is 2.61. The summed E-state index contributed by atoms with van der Waals surface area (Å²) in [5, 5.41) is 13.3. The van der Waals surface area contributed by atoms with Gasteiger partial charge in [-0.1, -0.05) is 30.3 Å². The van der Waals surface area contributed by atoms with Gasteiger partial charge in [-0.15, -0.1) is 0 Å². The Labute approximate surface area is 112 Å². The van der Waals surface area contributed by atoms with Crippen LogP contribution in [0.1, 0.15) is 17.0 Å². The summed E-state index contributed by atoms with van der Waals surface area (Å²) < 4.78 is 0.990. The number of hydrogen-bond acceptors (Lipinski definition) is 2. The quantitative estimate of drug-likeness (QED) is 0.929. The van der Waals surface area contributed by atoms with Crippen molar-refractivity contribution >= 4 is 33.2 Å². The van der Waals surface area contributed by atoms with Gasteiger partial charge in [0.2, 0.25) is 0 Å². The summed E-state index contributed by atoms with van der Waals surface area (Å²) in [6.45, 7) is 0. The Morgan fingerprint density at radius 3 is 2.53 bits per heavy atom. The maximum atomic E-state index is 11.3. The number of carbonyl (C=O) groups is 1. The highest BCUT2D eigenvalue weighted by molar-refractivity contribution is 9.10. The van der Waals surface area contributed by atoms with Crippen LogP contribution in [0.4, 0.5) is 0 Å². The summed E-state index contributed by atoms with van der Waals surface area (Å²) in [5.41, 5.74) is 1.89. The first-order chi connectivity index (χ1) is 8.18. The van der Waals surface area contributed by atoms with Gasteiger partial charge in [-0.2, -0.15) is 11.3 Å². The standard InChI is InChI=1S/C13H11BrO2S/c14-12-8-17-7-10(12)6-11(13(15)16)9-4-2-1-3-5-9/h1-5,7-8,11H,6H2,(H,15,16). The van der Waals surface area contributed by atoms with Crippen molar-refractivity contribution in [3.8, 4) is 0 Å². The normalized spacial score (nSPS) is 12.3. The van der Waals surface area contributed by atoms with Gasteiger partial charge in [-0.3, -0.25) is 4.79 Å². The average Bonchev–Trinajstić information content (AvgIpc) is 2.72. The largest absolute Gasteiger partial charge is 0.481 e. The Morgan fingerprint density at radius 1 is 1.29 bits per heavy atom. The van der Waals surface area contributed by atoms with Crippen molar-refractivity contribution in [1.29, 1.82) is 0 Å². The third-order valence-corrected chi connectivity index (χ3v) is 4.45. The zero-order valence-electron chi connectivity index (χ0n) is 8.97. The molecule has 88 valence electrons. The highest BCUT2D eigenvalue weighted by Gasteiger charge is 2.21.